The first-order valence-electron chi connectivity index (χ1n) is 7.05. The molecule has 1 N–H and O–H groups in total. The molecule has 1 aliphatic heterocycles. The van der Waals surface area contributed by atoms with Gasteiger partial charge in [0.05, 0.1) is 0 Å². The van der Waals surface area contributed by atoms with Crippen LogP contribution in [0.1, 0.15) is 32.3 Å². The van der Waals surface area contributed by atoms with E-state index in [0.29, 0.717) is 18.0 Å². The number of hydrogen-bond acceptors (Lipinski definition) is 2. The maximum atomic E-state index is 14.1. The molecule has 106 valence electrons. The number of piperidine rings is 1. The minimum atomic E-state index is -0.443. The average Bonchev–Trinajstić information content (AvgIpc) is 2.35. The molecule has 1 heterocycles. The highest BCUT2D eigenvalue weighted by atomic mass is 19.1. The molecule has 0 aromatic heterocycles. The topological polar surface area (TPSA) is 15.3 Å². The molecule has 0 bridgehead atoms. The SMILES string of the molecule is CCNCc1cc(F)c(N2CCCC(C)C2)c(F)c1. The molecule has 1 aromatic rings. The van der Waals surface area contributed by atoms with Crippen molar-refractivity contribution < 1.29 is 8.78 Å². The lowest BCUT2D eigenvalue weighted by Gasteiger charge is -2.33. The first-order chi connectivity index (χ1) is 9.11. The highest BCUT2D eigenvalue weighted by molar-refractivity contribution is 5.51. The van der Waals surface area contributed by atoms with Gasteiger partial charge in [0, 0.05) is 19.6 Å². The summed E-state index contributed by atoms with van der Waals surface area (Å²) in [7, 11) is 0. The van der Waals surface area contributed by atoms with E-state index in [4.69, 9.17) is 0 Å². The van der Waals surface area contributed by atoms with Crippen molar-refractivity contribution in [2.45, 2.75) is 33.2 Å². The summed E-state index contributed by atoms with van der Waals surface area (Å²) in [5.41, 5.74) is 0.803. The van der Waals surface area contributed by atoms with Crippen LogP contribution in [0.5, 0.6) is 0 Å². The van der Waals surface area contributed by atoms with Gasteiger partial charge in [-0.1, -0.05) is 13.8 Å². The van der Waals surface area contributed by atoms with Crippen molar-refractivity contribution in [3.63, 3.8) is 0 Å². The van der Waals surface area contributed by atoms with Gasteiger partial charge in [-0.15, -0.1) is 0 Å². The summed E-state index contributed by atoms with van der Waals surface area (Å²) in [5, 5.41) is 3.08. The predicted molar refractivity (Wildman–Crippen MR) is 74.3 cm³/mol. The molecule has 1 unspecified atom stereocenters. The van der Waals surface area contributed by atoms with Crippen LogP contribution in [0.4, 0.5) is 14.5 Å². The van der Waals surface area contributed by atoms with Crippen molar-refractivity contribution in [1.29, 1.82) is 0 Å². The molecule has 1 atom stereocenters. The Kier molecular flexibility index (Phi) is 4.75. The fourth-order valence-corrected chi connectivity index (χ4v) is 2.68. The largest absolute Gasteiger partial charge is 0.367 e. The second-order valence-electron chi connectivity index (χ2n) is 5.38. The van der Waals surface area contributed by atoms with Gasteiger partial charge in [-0.05, 0) is 43.0 Å². The standard InChI is InChI=1S/C15H22F2N2/c1-3-18-9-12-7-13(16)15(14(17)8-12)19-6-4-5-11(2)10-19/h7-8,11,18H,3-6,9-10H2,1-2H3. The maximum absolute atomic E-state index is 14.1. The van der Waals surface area contributed by atoms with Gasteiger partial charge in [-0.25, -0.2) is 8.78 Å². The molecular formula is C15H22F2N2. The quantitative estimate of drug-likeness (QED) is 0.901. The normalized spacial score (nSPS) is 19.8. The van der Waals surface area contributed by atoms with E-state index in [-0.39, 0.29) is 5.69 Å². The van der Waals surface area contributed by atoms with Crippen LogP contribution in [0.2, 0.25) is 0 Å². The van der Waals surface area contributed by atoms with Crippen LogP contribution < -0.4 is 10.2 Å². The molecule has 1 aromatic carbocycles. The molecule has 0 amide bonds. The number of benzene rings is 1. The molecule has 19 heavy (non-hydrogen) atoms. The van der Waals surface area contributed by atoms with E-state index >= 15 is 0 Å². The lowest BCUT2D eigenvalue weighted by molar-refractivity contribution is 0.435. The molecule has 1 aliphatic rings. The fourth-order valence-electron chi connectivity index (χ4n) is 2.68. The Morgan fingerprint density at radius 3 is 2.58 bits per heavy atom. The van der Waals surface area contributed by atoms with Gasteiger partial charge >= 0.3 is 0 Å². The Hall–Kier alpha value is -1.16. The second kappa shape index (κ2) is 6.33. The number of anilines is 1. The summed E-state index contributed by atoms with van der Waals surface area (Å²) >= 11 is 0. The number of nitrogens with zero attached hydrogens (tertiary/aromatic N) is 1. The van der Waals surface area contributed by atoms with Gasteiger partial charge in [0.1, 0.15) is 17.3 Å². The molecule has 1 fully saturated rings. The van der Waals surface area contributed by atoms with Gasteiger partial charge in [-0.2, -0.15) is 0 Å². The second-order valence-corrected chi connectivity index (χ2v) is 5.38. The third-order valence-electron chi connectivity index (χ3n) is 3.63. The number of hydrogen-bond donors (Lipinski definition) is 1. The zero-order valence-corrected chi connectivity index (χ0v) is 11.7. The molecule has 0 saturated carbocycles. The van der Waals surface area contributed by atoms with E-state index in [2.05, 4.69) is 12.2 Å². The molecule has 4 heteroatoms. The van der Waals surface area contributed by atoms with E-state index in [1.165, 1.54) is 12.1 Å². The van der Waals surface area contributed by atoms with Crippen molar-refractivity contribution in [2.24, 2.45) is 5.92 Å². The predicted octanol–water partition coefficient (Wildman–Crippen LogP) is 3.31. The van der Waals surface area contributed by atoms with E-state index in [1.54, 1.807) is 0 Å². The molecule has 0 spiro atoms. The van der Waals surface area contributed by atoms with Crippen LogP contribution in [0.3, 0.4) is 0 Å². The first-order valence-corrected chi connectivity index (χ1v) is 7.05. The molecule has 1 saturated heterocycles. The van der Waals surface area contributed by atoms with Crippen LogP contribution >= 0.6 is 0 Å². The summed E-state index contributed by atoms with van der Waals surface area (Å²) < 4.78 is 28.3. The Morgan fingerprint density at radius 1 is 1.32 bits per heavy atom. The lowest BCUT2D eigenvalue weighted by Crippen LogP contribution is -2.35. The van der Waals surface area contributed by atoms with Crippen molar-refractivity contribution in [3.05, 3.63) is 29.3 Å². The third-order valence-corrected chi connectivity index (χ3v) is 3.63. The number of nitrogens with one attached hydrogen (secondary N) is 1. The summed E-state index contributed by atoms with van der Waals surface area (Å²) in [6, 6.07) is 2.89. The van der Waals surface area contributed by atoms with Crippen molar-refractivity contribution >= 4 is 5.69 Å². The summed E-state index contributed by atoms with van der Waals surface area (Å²) in [5.74, 6) is -0.391. The summed E-state index contributed by atoms with van der Waals surface area (Å²) in [6.45, 7) is 6.86. The maximum Gasteiger partial charge on any atom is 0.149 e. The molecular weight excluding hydrogens is 246 g/mol. The summed E-state index contributed by atoms with van der Waals surface area (Å²) in [4.78, 5) is 1.84. The van der Waals surface area contributed by atoms with Gasteiger partial charge in [0.15, 0.2) is 0 Å². The highest BCUT2D eigenvalue weighted by Gasteiger charge is 2.22. The van der Waals surface area contributed by atoms with Crippen LogP contribution in [-0.4, -0.2) is 19.6 Å². The minimum Gasteiger partial charge on any atom is -0.367 e. The van der Waals surface area contributed by atoms with E-state index in [0.717, 1.165) is 32.5 Å². The monoisotopic (exact) mass is 268 g/mol. The first kappa shape index (κ1) is 14.3. The number of rotatable bonds is 4. The molecule has 0 radical (unpaired) electrons. The fraction of sp³-hybridized carbons (Fsp3) is 0.600. The molecule has 0 aliphatic carbocycles. The zero-order chi connectivity index (χ0) is 13.8. The third kappa shape index (κ3) is 3.44. The van der Waals surface area contributed by atoms with Crippen LogP contribution in [0.15, 0.2) is 12.1 Å². The van der Waals surface area contributed by atoms with E-state index < -0.39 is 11.6 Å². The minimum absolute atomic E-state index is 0.145. The lowest BCUT2D eigenvalue weighted by atomic mass is 9.99. The zero-order valence-electron chi connectivity index (χ0n) is 11.7. The van der Waals surface area contributed by atoms with Crippen molar-refractivity contribution in [2.75, 3.05) is 24.5 Å². The highest BCUT2D eigenvalue weighted by Crippen LogP contribution is 2.29. The van der Waals surface area contributed by atoms with Crippen molar-refractivity contribution in [3.8, 4) is 0 Å². The van der Waals surface area contributed by atoms with Crippen molar-refractivity contribution in [1.82, 2.24) is 5.32 Å². The molecule has 2 nitrogen and oxygen atoms in total. The smallest absolute Gasteiger partial charge is 0.149 e. The van der Waals surface area contributed by atoms with Crippen LogP contribution in [-0.2, 0) is 6.54 Å². The van der Waals surface area contributed by atoms with E-state index in [9.17, 15) is 8.78 Å². The van der Waals surface area contributed by atoms with E-state index in [1.807, 2.05) is 11.8 Å². The average molecular weight is 268 g/mol. The van der Waals surface area contributed by atoms with Crippen LogP contribution in [0.25, 0.3) is 0 Å². The number of halogens is 2. The summed E-state index contributed by atoms with van der Waals surface area (Å²) in [6.07, 6.45) is 2.14. The Bertz CT molecular complexity index is 411. The molecule has 2 rings (SSSR count). The Labute approximate surface area is 113 Å². The van der Waals surface area contributed by atoms with Gasteiger partial charge in [0.25, 0.3) is 0 Å². The van der Waals surface area contributed by atoms with Gasteiger partial charge in [0.2, 0.25) is 0 Å². The Balaban J connectivity index is 2.20. The van der Waals surface area contributed by atoms with Gasteiger partial charge < -0.3 is 10.2 Å². The Morgan fingerprint density at radius 2 is 2.00 bits per heavy atom. The van der Waals surface area contributed by atoms with Crippen LogP contribution in [0, 0.1) is 17.6 Å². The van der Waals surface area contributed by atoms with Gasteiger partial charge in [-0.3, -0.25) is 0 Å².